The molecule has 6 nitrogen and oxygen atoms in total. The number of ketones is 1. The average molecular weight is 422 g/mol. The molecular weight excluding hydrogens is 396 g/mol. The summed E-state index contributed by atoms with van der Waals surface area (Å²) >= 11 is 0. The molecule has 0 N–H and O–H groups in total. The molecule has 2 atom stereocenters. The Hall–Kier alpha value is -3.41. The lowest BCUT2D eigenvalue weighted by atomic mass is 9.86. The summed E-state index contributed by atoms with van der Waals surface area (Å²) in [5.74, 6) is -1.90. The van der Waals surface area contributed by atoms with E-state index in [1.807, 2.05) is 31.2 Å². The van der Waals surface area contributed by atoms with Gasteiger partial charge in [0.05, 0.1) is 26.7 Å². The molecule has 0 unspecified atom stereocenters. The highest BCUT2D eigenvalue weighted by atomic mass is 16.5. The molecule has 0 amide bonds. The first kappa shape index (κ1) is 22.3. The molecule has 0 aliphatic heterocycles. The van der Waals surface area contributed by atoms with Gasteiger partial charge in [-0.3, -0.25) is 14.4 Å². The molecule has 0 heterocycles. The highest BCUT2D eigenvalue weighted by molar-refractivity contribution is 6.17. The quantitative estimate of drug-likeness (QED) is 0.383. The monoisotopic (exact) mass is 422 g/mol. The second-order valence-corrected chi connectivity index (χ2v) is 7.80. The molecule has 1 saturated carbocycles. The van der Waals surface area contributed by atoms with Crippen molar-refractivity contribution in [2.75, 3.05) is 21.3 Å². The molecule has 0 aromatic heterocycles. The lowest BCUT2D eigenvalue weighted by Crippen LogP contribution is -2.36. The molecule has 1 fully saturated rings. The highest BCUT2D eigenvalue weighted by Crippen LogP contribution is 2.72. The molecule has 1 aliphatic carbocycles. The topological polar surface area (TPSA) is 78.9 Å². The zero-order valence-corrected chi connectivity index (χ0v) is 18.3. The van der Waals surface area contributed by atoms with Crippen molar-refractivity contribution < 1.29 is 28.6 Å². The number of benzene rings is 2. The summed E-state index contributed by atoms with van der Waals surface area (Å²) in [5.41, 5.74) is -0.833. The SMILES string of the molecule is COC(=O)C1(C(=O)OC)[C@@H](/C=C/c2ccc(OC)cc2)[C@]1(C)C(=O)c1ccc(C)cc1. The lowest BCUT2D eigenvalue weighted by molar-refractivity contribution is -0.163. The van der Waals surface area contributed by atoms with Crippen LogP contribution in [0.1, 0.15) is 28.4 Å². The first-order chi connectivity index (χ1) is 14.8. The Balaban J connectivity index is 2.06. The fourth-order valence-electron chi connectivity index (χ4n) is 4.32. The fraction of sp³-hybridized carbons (Fsp3) is 0.320. The molecule has 1 aliphatic rings. The minimum Gasteiger partial charge on any atom is -0.497 e. The van der Waals surface area contributed by atoms with Gasteiger partial charge in [0.25, 0.3) is 0 Å². The van der Waals surface area contributed by atoms with Gasteiger partial charge in [0.15, 0.2) is 11.2 Å². The van der Waals surface area contributed by atoms with Gasteiger partial charge in [-0.1, -0.05) is 54.1 Å². The van der Waals surface area contributed by atoms with Crippen LogP contribution in [-0.2, 0) is 19.1 Å². The summed E-state index contributed by atoms with van der Waals surface area (Å²) in [6.45, 7) is 3.53. The third kappa shape index (κ3) is 3.42. The fourth-order valence-corrected chi connectivity index (χ4v) is 4.32. The normalized spacial score (nSPS) is 21.4. The molecule has 2 aromatic rings. The number of carbonyl (C=O) groups excluding carboxylic acids is 3. The third-order valence-electron chi connectivity index (χ3n) is 6.22. The van der Waals surface area contributed by atoms with Crippen molar-refractivity contribution in [2.24, 2.45) is 16.7 Å². The van der Waals surface area contributed by atoms with Crippen molar-refractivity contribution in [3.8, 4) is 5.75 Å². The van der Waals surface area contributed by atoms with E-state index >= 15 is 0 Å². The minimum absolute atomic E-state index is 0.312. The molecule has 0 bridgehead atoms. The zero-order chi connectivity index (χ0) is 22.8. The van der Waals surface area contributed by atoms with Gasteiger partial charge in [-0.2, -0.15) is 0 Å². The maximum absolute atomic E-state index is 13.5. The molecule has 0 spiro atoms. The number of hydrogen-bond donors (Lipinski definition) is 0. The zero-order valence-electron chi connectivity index (χ0n) is 18.3. The standard InChI is InChI=1S/C25H26O6/c1-16-6-11-18(12-7-16)21(26)24(2)20(25(24,22(27)30-4)23(28)31-5)15-10-17-8-13-19(29-3)14-9-17/h6-15,20H,1-5H3/b15-10+/t20-,24+/m0/s1. The van der Waals surface area contributed by atoms with E-state index in [0.717, 1.165) is 11.1 Å². The smallest absolute Gasteiger partial charge is 0.324 e. The first-order valence-corrected chi connectivity index (χ1v) is 9.87. The first-order valence-electron chi connectivity index (χ1n) is 9.87. The molecular formula is C25H26O6. The number of hydrogen-bond acceptors (Lipinski definition) is 6. The predicted molar refractivity (Wildman–Crippen MR) is 116 cm³/mol. The maximum Gasteiger partial charge on any atom is 0.324 e. The number of carbonyl (C=O) groups is 3. The Labute approximate surface area is 181 Å². The number of esters is 2. The van der Waals surface area contributed by atoms with Gasteiger partial charge in [0, 0.05) is 11.5 Å². The number of Topliss-reactive ketones (excluding diaryl/α,β-unsaturated/α-hetero) is 1. The number of rotatable bonds is 7. The Bertz CT molecular complexity index is 1000. The Kier molecular flexibility index (Phi) is 6.02. The van der Waals surface area contributed by atoms with Gasteiger partial charge in [-0.05, 0) is 31.5 Å². The minimum atomic E-state index is -1.75. The predicted octanol–water partition coefficient (Wildman–Crippen LogP) is 3.87. The van der Waals surface area contributed by atoms with E-state index in [4.69, 9.17) is 14.2 Å². The molecule has 0 radical (unpaired) electrons. The third-order valence-corrected chi connectivity index (χ3v) is 6.22. The van der Waals surface area contributed by atoms with Gasteiger partial charge in [0.1, 0.15) is 5.75 Å². The van der Waals surface area contributed by atoms with E-state index in [9.17, 15) is 14.4 Å². The molecule has 31 heavy (non-hydrogen) atoms. The van der Waals surface area contributed by atoms with Crippen molar-refractivity contribution in [3.63, 3.8) is 0 Å². The van der Waals surface area contributed by atoms with Crippen LogP contribution in [0.15, 0.2) is 54.6 Å². The van der Waals surface area contributed by atoms with E-state index < -0.39 is 28.7 Å². The van der Waals surface area contributed by atoms with E-state index in [-0.39, 0.29) is 5.78 Å². The molecule has 2 aromatic carbocycles. The highest BCUT2D eigenvalue weighted by Gasteiger charge is 2.86. The summed E-state index contributed by atoms with van der Waals surface area (Å²) in [7, 11) is 3.98. The summed E-state index contributed by atoms with van der Waals surface area (Å²) in [5, 5.41) is 0. The van der Waals surface area contributed by atoms with E-state index in [2.05, 4.69) is 0 Å². The molecule has 162 valence electrons. The second kappa shape index (κ2) is 8.38. The molecule has 6 heteroatoms. The second-order valence-electron chi connectivity index (χ2n) is 7.80. The Morgan fingerprint density at radius 2 is 1.42 bits per heavy atom. The average Bonchev–Trinajstić information content (AvgIpc) is 3.37. The van der Waals surface area contributed by atoms with Gasteiger partial charge in [0.2, 0.25) is 0 Å². The van der Waals surface area contributed by atoms with Gasteiger partial charge < -0.3 is 14.2 Å². The number of methoxy groups -OCH3 is 3. The van der Waals surface area contributed by atoms with Crippen LogP contribution in [0.5, 0.6) is 5.75 Å². The van der Waals surface area contributed by atoms with Crippen LogP contribution in [-0.4, -0.2) is 39.1 Å². The van der Waals surface area contributed by atoms with Crippen molar-refractivity contribution in [2.45, 2.75) is 13.8 Å². The number of aryl methyl sites for hydroxylation is 1. The summed E-state index contributed by atoms with van der Waals surface area (Å²) in [6.07, 6.45) is 3.49. The van der Waals surface area contributed by atoms with Crippen LogP contribution in [0.4, 0.5) is 0 Å². The maximum atomic E-state index is 13.5. The summed E-state index contributed by atoms with van der Waals surface area (Å²) in [4.78, 5) is 39.3. The van der Waals surface area contributed by atoms with Crippen molar-refractivity contribution in [3.05, 3.63) is 71.3 Å². The van der Waals surface area contributed by atoms with Crippen molar-refractivity contribution >= 4 is 23.8 Å². The van der Waals surface area contributed by atoms with Gasteiger partial charge >= 0.3 is 11.9 Å². The van der Waals surface area contributed by atoms with Crippen LogP contribution in [0, 0.1) is 23.7 Å². The van der Waals surface area contributed by atoms with Crippen molar-refractivity contribution in [1.82, 2.24) is 0 Å². The van der Waals surface area contributed by atoms with Crippen LogP contribution in [0.2, 0.25) is 0 Å². The van der Waals surface area contributed by atoms with Crippen LogP contribution >= 0.6 is 0 Å². The summed E-state index contributed by atoms with van der Waals surface area (Å²) < 4.78 is 15.1. The Morgan fingerprint density at radius 1 is 0.871 bits per heavy atom. The summed E-state index contributed by atoms with van der Waals surface area (Å²) in [6, 6.07) is 14.3. The number of allylic oxidation sites excluding steroid dienone is 1. The number of ether oxygens (including phenoxy) is 3. The van der Waals surface area contributed by atoms with Crippen LogP contribution in [0.3, 0.4) is 0 Å². The lowest BCUT2D eigenvalue weighted by Gasteiger charge is -2.17. The van der Waals surface area contributed by atoms with Gasteiger partial charge in [-0.15, -0.1) is 0 Å². The van der Waals surface area contributed by atoms with E-state index in [1.165, 1.54) is 14.2 Å². The largest absolute Gasteiger partial charge is 0.497 e. The van der Waals surface area contributed by atoms with Gasteiger partial charge in [-0.25, -0.2) is 0 Å². The Morgan fingerprint density at radius 3 is 1.90 bits per heavy atom. The van der Waals surface area contributed by atoms with Crippen molar-refractivity contribution in [1.29, 1.82) is 0 Å². The molecule has 0 saturated heterocycles. The van der Waals surface area contributed by atoms with E-state index in [0.29, 0.717) is 11.3 Å². The van der Waals surface area contributed by atoms with E-state index in [1.54, 1.807) is 50.5 Å². The van der Waals surface area contributed by atoms with Crippen LogP contribution in [0.25, 0.3) is 6.08 Å². The molecule has 3 rings (SSSR count). The van der Waals surface area contributed by atoms with Crippen LogP contribution < -0.4 is 4.74 Å².